The van der Waals surface area contributed by atoms with Crippen LogP contribution in [-0.4, -0.2) is 58.8 Å². The van der Waals surface area contributed by atoms with E-state index < -0.39 is 6.03 Å². The largest absolute Gasteiger partial charge is 0.352 e. The Balaban J connectivity index is 1.65. The van der Waals surface area contributed by atoms with Crippen molar-refractivity contribution in [1.82, 2.24) is 20.1 Å². The molecule has 0 unspecified atom stereocenters. The summed E-state index contributed by atoms with van der Waals surface area (Å²) >= 11 is 0. The summed E-state index contributed by atoms with van der Waals surface area (Å²) in [6.07, 6.45) is 6.69. The molecule has 1 aromatic rings. The van der Waals surface area contributed by atoms with Crippen LogP contribution in [0.3, 0.4) is 0 Å². The SMILES string of the molecule is NC(=O)NCC(=O)N1CCC[C@]2(CCC(=O)N(Cc3cccnc3)C2)C1. The van der Waals surface area contributed by atoms with Crippen molar-refractivity contribution >= 4 is 17.8 Å². The van der Waals surface area contributed by atoms with Gasteiger partial charge in [0.25, 0.3) is 0 Å². The van der Waals surface area contributed by atoms with Crippen LogP contribution in [-0.2, 0) is 16.1 Å². The highest BCUT2D eigenvalue weighted by Crippen LogP contribution is 2.39. The number of aromatic nitrogens is 1. The Morgan fingerprint density at radius 2 is 2.15 bits per heavy atom. The second kappa shape index (κ2) is 7.72. The van der Waals surface area contributed by atoms with Gasteiger partial charge in [0.05, 0.1) is 6.54 Å². The predicted octanol–water partition coefficient (Wildman–Crippen LogP) is 0.481. The highest BCUT2D eigenvalue weighted by atomic mass is 16.2. The zero-order valence-corrected chi connectivity index (χ0v) is 14.8. The Kier molecular flexibility index (Phi) is 5.39. The molecule has 2 fully saturated rings. The molecule has 8 heteroatoms. The second-order valence-corrected chi connectivity index (χ2v) is 7.25. The summed E-state index contributed by atoms with van der Waals surface area (Å²) in [7, 11) is 0. The van der Waals surface area contributed by atoms with Gasteiger partial charge in [-0.05, 0) is 30.9 Å². The molecule has 4 amide bonds. The average molecular weight is 359 g/mol. The topological polar surface area (TPSA) is 109 Å². The summed E-state index contributed by atoms with van der Waals surface area (Å²) in [6, 6.07) is 3.14. The minimum atomic E-state index is -0.698. The number of amides is 4. The fourth-order valence-corrected chi connectivity index (χ4v) is 3.99. The first-order valence-electron chi connectivity index (χ1n) is 8.95. The molecule has 2 aliphatic rings. The summed E-state index contributed by atoms with van der Waals surface area (Å²) in [5, 5.41) is 2.36. The van der Waals surface area contributed by atoms with Gasteiger partial charge >= 0.3 is 6.03 Å². The quantitative estimate of drug-likeness (QED) is 0.815. The molecule has 140 valence electrons. The Hall–Kier alpha value is -2.64. The van der Waals surface area contributed by atoms with E-state index in [-0.39, 0.29) is 23.8 Å². The molecule has 1 aromatic heterocycles. The number of likely N-dealkylation sites (tertiary alicyclic amines) is 2. The zero-order valence-electron chi connectivity index (χ0n) is 14.8. The molecule has 3 rings (SSSR count). The maximum atomic E-state index is 12.4. The van der Waals surface area contributed by atoms with E-state index in [1.54, 1.807) is 17.3 Å². The number of hydrogen-bond donors (Lipinski definition) is 2. The number of hydrogen-bond acceptors (Lipinski definition) is 4. The van der Waals surface area contributed by atoms with Crippen LogP contribution >= 0.6 is 0 Å². The summed E-state index contributed by atoms with van der Waals surface area (Å²) in [5.74, 6) is 0.0249. The van der Waals surface area contributed by atoms with Crippen molar-refractivity contribution < 1.29 is 14.4 Å². The minimum Gasteiger partial charge on any atom is -0.352 e. The molecule has 2 aliphatic heterocycles. The summed E-state index contributed by atoms with van der Waals surface area (Å²) in [5.41, 5.74) is 5.98. The van der Waals surface area contributed by atoms with Crippen molar-refractivity contribution in [3.63, 3.8) is 0 Å². The summed E-state index contributed by atoms with van der Waals surface area (Å²) in [4.78, 5) is 43.3. The van der Waals surface area contributed by atoms with Crippen LogP contribution in [0.15, 0.2) is 24.5 Å². The normalized spacial score (nSPS) is 23.2. The van der Waals surface area contributed by atoms with Gasteiger partial charge in [0.15, 0.2) is 0 Å². The molecule has 0 saturated carbocycles. The molecule has 0 radical (unpaired) electrons. The van der Waals surface area contributed by atoms with Crippen LogP contribution in [0.5, 0.6) is 0 Å². The monoisotopic (exact) mass is 359 g/mol. The van der Waals surface area contributed by atoms with Crippen molar-refractivity contribution in [3.05, 3.63) is 30.1 Å². The Labute approximate surface area is 152 Å². The van der Waals surface area contributed by atoms with E-state index >= 15 is 0 Å². The third-order valence-electron chi connectivity index (χ3n) is 5.27. The van der Waals surface area contributed by atoms with Gasteiger partial charge in [-0.15, -0.1) is 0 Å². The number of nitrogens with zero attached hydrogens (tertiary/aromatic N) is 3. The van der Waals surface area contributed by atoms with Crippen LogP contribution in [0, 0.1) is 5.41 Å². The number of piperidine rings is 2. The number of primary amides is 1. The zero-order chi connectivity index (χ0) is 18.6. The molecule has 0 bridgehead atoms. The molecule has 0 aliphatic carbocycles. The number of carbonyl (C=O) groups excluding carboxylic acids is 3. The van der Waals surface area contributed by atoms with Gasteiger partial charge < -0.3 is 20.9 Å². The molecule has 3 heterocycles. The van der Waals surface area contributed by atoms with E-state index in [4.69, 9.17) is 5.73 Å². The molecular weight excluding hydrogens is 334 g/mol. The van der Waals surface area contributed by atoms with Crippen LogP contribution in [0.25, 0.3) is 0 Å². The average Bonchev–Trinajstić information content (AvgIpc) is 2.64. The molecule has 1 atom stereocenters. The lowest BCUT2D eigenvalue weighted by atomic mass is 9.73. The first-order valence-corrected chi connectivity index (χ1v) is 8.95. The van der Waals surface area contributed by atoms with Gasteiger partial charge in [0, 0.05) is 50.4 Å². The molecule has 0 aromatic carbocycles. The minimum absolute atomic E-state index is 0.0727. The van der Waals surface area contributed by atoms with Gasteiger partial charge in [0.1, 0.15) is 0 Å². The number of rotatable bonds is 4. The van der Waals surface area contributed by atoms with Crippen molar-refractivity contribution in [2.45, 2.75) is 32.2 Å². The molecule has 3 N–H and O–H groups in total. The van der Waals surface area contributed by atoms with Gasteiger partial charge in [-0.2, -0.15) is 0 Å². The van der Waals surface area contributed by atoms with Gasteiger partial charge in [-0.3, -0.25) is 14.6 Å². The number of carbonyl (C=O) groups is 3. The number of nitrogens with two attached hydrogens (primary N) is 1. The molecule has 26 heavy (non-hydrogen) atoms. The van der Waals surface area contributed by atoms with E-state index in [9.17, 15) is 14.4 Å². The van der Waals surface area contributed by atoms with E-state index in [0.29, 0.717) is 32.6 Å². The van der Waals surface area contributed by atoms with Crippen LogP contribution in [0.2, 0.25) is 0 Å². The summed E-state index contributed by atoms with van der Waals surface area (Å²) in [6.45, 7) is 2.41. The number of urea groups is 1. The maximum Gasteiger partial charge on any atom is 0.312 e. The van der Waals surface area contributed by atoms with Gasteiger partial charge in [0.2, 0.25) is 11.8 Å². The number of nitrogens with one attached hydrogen (secondary N) is 1. The third kappa shape index (κ3) is 4.30. The van der Waals surface area contributed by atoms with Crippen molar-refractivity contribution in [2.24, 2.45) is 11.1 Å². The smallest absolute Gasteiger partial charge is 0.312 e. The molecule has 1 spiro atoms. The van der Waals surface area contributed by atoms with E-state index in [1.807, 2.05) is 17.0 Å². The first kappa shape index (κ1) is 18.2. The van der Waals surface area contributed by atoms with Crippen LogP contribution in [0.4, 0.5) is 4.79 Å². The molecule has 8 nitrogen and oxygen atoms in total. The van der Waals surface area contributed by atoms with Crippen molar-refractivity contribution in [3.8, 4) is 0 Å². The summed E-state index contributed by atoms with van der Waals surface area (Å²) < 4.78 is 0. The van der Waals surface area contributed by atoms with E-state index in [0.717, 1.165) is 24.8 Å². The second-order valence-electron chi connectivity index (χ2n) is 7.25. The lowest BCUT2D eigenvalue weighted by molar-refractivity contribution is -0.143. The van der Waals surface area contributed by atoms with E-state index in [1.165, 1.54) is 0 Å². The van der Waals surface area contributed by atoms with Crippen LogP contribution in [0.1, 0.15) is 31.2 Å². The predicted molar refractivity (Wildman–Crippen MR) is 94.7 cm³/mol. The highest BCUT2D eigenvalue weighted by Gasteiger charge is 2.42. The lowest BCUT2D eigenvalue weighted by Gasteiger charge is -2.48. The standard InChI is InChI=1S/C18H25N5O3/c19-17(26)21-10-16(25)22-8-2-5-18(12-22)6-4-15(24)23(13-18)11-14-3-1-7-20-9-14/h1,3,7,9H,2,4-6,8,10-13H2,(H3,19,21,26)/t18-/m0/s1. The van der Waals surface area contributed by atoms with Crippen molar-refractivity contribution in [2.75, 3.05) is 26.2 Å². The van der Waals surface area contributed by atoms with E-state index in [2.05, 4.69) is 10.3 Å². The number of pyridine rings is 1. The maximum absolute atomic E-state index is 12.4. The Bertz CT molecular complexity index is 681. The third-order valence-corrected chi connectivity index (χ3v) is 5.27. The van der Waals surface area contributed by atoms with Gasteiger partial charge in [-0.25, -0.2) is 4.79 Å². The van der Waals surface area contributed by atoms with Crippen LogP contribution < -0.4 is 11.1 Å². The molecule has 2 saturated heterocycles. The Morgan fingerprint density at radius 3 is 2.88 bits per heavy atom. The molecular formula is C18H25N5O3. The van der Waals surface area contributed by atoms with Crippen molar-refractivity contribution in [1.29, 1.82) is 0 Å². The fourth-order valence-electron chi connectivity index (χ4n) is 3.99. The lowest BCUT2D eigenvalue weighted by Crippen LogP contribution is -2.56. The highest BCUT2D eigenvalue weighted by molar-refractivity contribution is 5.83. The van der Waals surface area contributed by atoms with Gasteiger partial charge in [-0.1, -0.05) is 6.07 Å². The first-order chi connectivity index (χ1) is 12.5. The Morgan fingerprint density at radius 1 is 1.31 bits per heavy atom. The fraction of sp³-hybridized carbons (Fsp3) is 0.556.